The second-order valence-electron chi connectivity index (χ2n) is 4.56. The highest BCUT2D eigenvalue weighted by atomic mass is 19.1. The molecule has 0 amide bonds. The average Bonchev–Trinajstić information content (AvgIpc) is 2.44. The molecule has 0 spiro atoms. The third kappa shape index (κ3) is 2.16. The SMILES string of the molecule is FC1CNC([CH]c2ccccc2)c2ccccc21. The number of benzene rings is 2. The lowest BCUT2D eigenvalue weighted by atomic mass is 9.89. The van der Waals surface area contributed by atoms with Gasteiger partial charge in [-0.05, 0) is 16.7 Å². The molecule has 3 rings (SSSR count). The average molecular weight is 240 g/mol. The van der Waals surface area contributed by atoms with Gasteiger partial charge in [-0.2, -0.15) is 0 Å². The minimum atomic E-state index is -0.901. The summed E-state index contributed by atoms with van der Waals surface area (Å²) >= 11 is 0. The fraction of sp³-hybridized carbons (Fsp3) is 0.188. The summed E-state index contributed by atoms with van der Waals surface area (Å²) in [5.41, 5.74) is 3.01. The van der Waals surface area contributed by atoms with Crippen molar-refractivity contribution >= 4 is 0 Å². The number of nitrogens with one attached hydrogen (secondary N) is 1. The van der Waals surface area contributed by atoms with Crippen molar-refractivity contribution in [1.82, 2.24) is 5.32 Å². The fourth-order valence-electron chi connectivity index (χ4n) is 2.44. The van der Waals surface area contributed by atoms with Crippen molar-refractivity contribution in [2.45, 2.75) is 12.2 Å². The minimum Gasteiger partial charge on any atom is -0.306 e. The summed E-state index contributed by atoms with van der Waals surface area (Å²) in [6, 6.07) is 18.0. The number of hydrogen-bond acceptors (Lipinski definition) is 1. The van der Waals surface area contributed by atoms with Crippen LogP contribution in [0.2, 0.25) is 0 Å². The van der Waals surface area contributed by atoms with Gasteiger partial charge in [0.2, 0.25) is 0 Å². The fourth-order valence-corrected chi connectivity index (χ4v) is 2.44. The summed E-state index contributed by atoms with van der Waals surface area (Å²) in [7, 11) is 0. The second-order valence-corrected chi connectivity index (χ2v) is 4.56. The van der Waals surface area contributed by atoms with E-state index in [4.69, 9.17) is 0 Å². The van der Waals surface area contributed by atoms with Crippen molar-refractivity contribution in [1.29, 1.82) is 0 Å². The maximum Gasteiger partial charge on any atom is 0.138 e. The third-order valence-electron chi connectivity index (χ3n) is 3.34. The van der Waals surface area contributed by atoms with Crippen LogP contribution < -0.4 is 5.32 Å². The Balaban J connectivity index is 1.89. The van der Waals surface area contributed by atoms with Crippen LogP contribution in [-0.4, -0.2) is 6.54 Å². The molecular weight excluding hydrogens is 225 g/mol. The van der Waals surface area contributed by atoms with Gasteiger partial charge in [0.15, 0.2) is 0 Å². The van der Waals surface area contributed by atoms with Gasteiger partial charge in [-0.3, -0.25) is 0 Å². The maximum absolute atomic E-state index is 13.8. The summed E-state index contributed by atoms with van der Waals surface area (Å²) in [5, 5.41) is 3.24. The molecule has 18 heavy (non-hydrogen) atoms. The maximum atomic E-state index is 13.8. The molecule has 0 saturated carbocycles. The van der Waals surface area contributed by atoms with Gasteiger partial charge in [0, 0.05) is 19.0 Å². The number of alkyl halides is 1. The molecule has 91 valence electrons. The Labute approximate surface area is 107 Å². The van der Waals surface area contributed by atoms with Crippen LogP contribution in [0.4, 0.5) is 4.39 Å². The van der Waals surface area contributed by atoms with Crippen molar-refractivity contribution in [2.24, 2.45) is 0 Å². The highest BCUT2D eigenvalue weighted by molar-refractivity contribution is 5.39. The molecule has 0 aliphatic carbocycles. The van der Waals surface area contributed by atoms with E-state index in [0.29, 0.717) is 6.54 Å². The van der Waals surface area contributed by atoms with E-state index >= 15 is 0 Å². The predicted molar refractivity (Wildman–Crippen MR) is 70.9 cm³/mol. The zero-order valence-corrected chi connectivity index (χ0v) is 10.0. The summed E-state index contributed by atoms with van der Waals surface area (Å²) in [4.78, 5) is 0. The first kappa shape index (κ1) is 11.4. The van der Waals surface area contributed by atoms with E-state index in [2.05, 4.69) is 23.9 Å². The van der Waals surface area contributed by atoms with Crippen LogP contribution in [-0.2, 0) is 0 Å². The van der Waals surface area contributed by atoms with Crippen molar-refractivity contribution in [2.75, 3.05) is 6.54 Å². The zero-order chi connectivity index (χ0) is 12.4. The van der Waals surface area contributed by atoms with Gasteiger partial charge in [-0.15, -0.1) is 0 Å². The van der Waals surface area contributed by atoms with Gasteiger partial charge < -0.3 is 5.32 Å². The Hall–Kier alpha value is -1.67. The first-order chi connectivity index (χ1) is 8.84. The molecular formula is C16H15FN. The van der Waals surface area contributed by atoms with Crippen LogP contribution >= 0.6 is 0 Å². The first-order valence-corrected chi connectivity index (χ1v) is 6.21. The minimum absolute atomic E-state index is 0.0931. The van der Waals surface area contributed by atoms with Crippen LogP contribution in [0.15, 0.2) is 54.6 Å². The molecule has 1 nitrogen and oxygen atoms in total. The number of fused-ring (bicyclic) bond motifs is 1. The van der Waals surface area contributed by atoms with Gasteiger partial charge in [-0.25, -0.2) is 4.39 Å². The summed E-state index contributed by atoms with van der Waals surface area (Å²) < 4.78 is 13.8. The number of rotatable bonds is 2. The highest BCUT2D eigenvalue weighted by Crippen LogP contribution is 2.33. The monoisotopic (exact) mass is 240 g/mol. The van der Waals surface area contributed by atoms with Crippen molar-refractivity contribution in [3.8, 4) is 0 Å². The molecule has 2 aromatic carbocycles. The lowest BCUT2D eigenvalue weighted by molar-refractivity contribution is 0.298. The van der Waals surface area contributed by atoms with E-state index in [-0.39, 0.29) is 6.04 Å². The molecule has 2 unspecified atom stereocenters. The molecule has 1 aliphatic heterocycles. The Kier molecular flexibility index (Phi) is 3.11. The van der Waals surface area contributed by atoms with E-state index in [1.54, 1.807) is 0 Å². The topological polar surface area (TPSA) is 12.0 Å². The summed E-state index contributed by atoms with van der Waals surface area (Å²) in [6.45, 7) is 0.380. The molecule has 1 heterocycles. The van der Waals surface area contributed by atoms with E-state index in [0.717, 1.165) is 16.7 Å². The Bertz CT molecular complexity index is 524. The molecule has 0 saturated heterocycles. The highest BCUT2D eigenvalue weighted by Gasteiger charge is 2.26. The lowest BCUT2D eigenvalue weighted by Gasteiger charge is -2.29. The first-order valence-electron chi connectivity index (χ1n) is 6.21. The molecule has 2 heteroatoms. The van der Waals surface area contributed by atoms with Crippen LogP contribution in [0.1, 0.15) is 28.9 Å². The van der Waals surface area contributed by atoms with Gasteiger partial charge in [0.05, 0.1) is 0 Å². The molecule has 1 radical (unpaired) electrons. The normalized spacial score (nSPS) is 22.5. The van der Waals surface area contributed by atoms with Crippen molar-refractivity contribution < 1.29 is 4.39 Å². The van der Waals surface area contributed by atoms with E-state index in [1.807, 2.05) is 42.5 Å². The van der Waals surface area contributed by atoms with E-state index in [9.17, 15) is 4.39 Å². The van der Waals surface area contributed by atoms with Gasteiger partial charge >= 0.3 is 0 Å². The Morgan fingerprint density at radius 2 is 1.61 bits per heavy atom. The van der Waals surface area contributed by atoms with Crippen LogP contribution in [0.3, 0.4) is 0 Å². The lowest BCUT2D eigenvalue weighted by Crippen LogP contribution is -2.32. The molecule has 1 N–H and O–H groups in total. The number of hydrogen-bond donors (Lipinski definition) is 1. The Morgan fingerprint density at radius 3 is 2.39 bits per heavy atom. The van der Waals surface area contributed by atoms with Crippen LogP contribution in [0.25, 0.3) is 0 Å². The van der Waals surface area contributed by atoms with E-state index < -0.39 is 6.17 Å². The third-order valence-corrected chi connectivity index (χ3v) is 3.34. The molecule has 0 aromatic heterocycles. The number of halogens is 1. The summed E-state index contributed by atoms with van der Waals surface area (Å²) in [6.07, 6.45) is 1.24. The molecule has 2 aromatic rings. The summed E-state index contributed by atoms with van der Waals surface area (Å²) in [5.74, 6) is 0. The largest absolute Gasteiger partial charge is 0.306 e. The molecule has 0 fully saturated rings. The molecule has 0 bridgehead atoms. The quantitative estimate of drug-likeness (QED) is 0.845. The van der Waals surface area contributed by atoms with Crippen LogP contribution in [0.5, 0.6) is 0 Å². The Morgan fingerprint density at radius 1 is 0.944 bits per heavy atom. The molecule has 2 atom stereocenters. The smallest absolute Gasteiger partial charge is 0.138 e. The predicted octanol–water partition coefficient (Wildman–Crippen LogP) is 3.59. The van der Waals surface area contributed by atoms with Gasteiger partial charge in [-0.1, -0.05) is 54.6 Å². The zero-order valence-electron chi connectivity index (χ0n) is 10.0. The van der Waals surface area contributed by atoms with Crippen molar-refractivity contribution in [3.05, 3.63) is 77.7 Å². The van der Waals surface area contributed by atoms with Crippen LogP contribution in [0, 0.1) is 6.42 Å². The van der Waals surface area contributed by atoms with Gasteiger partial charge in [0.1, 0.15) is 6.17 Å². The second kappa shape index (κ2) is 4.91. The molecule has 1 aliphatic rings. The standard InChI is InChI=1S/C16H15FN/c17-15-11-18-16(10-12-6-2-1-3-7-12)14-9-5-4-8-13(14)15/h1-10,15-16,18H,11H2. The van der Waals surface area contributed by atoms with Gasteiger partial charge in [0.25, 0.3) is 0 Å². The van der Waals surface area contributed by atoms with Crippen molar-refractivity contribution in [3.63, 3.8) is 0 Å². The van der Waals surface area contributed by atoms with E-state index in [1.165, 1.54) is 0 Å².